The summed E-state index contributed by atoms with van der Waals surface area (Å²) < 4.78 is 7.34. The molecule has 6 heteroatoms. The van der Waals surface area contributed by atoms with Crippen molar-refractivity contribution in [3.63, 3.8) is 0 Å². The maximum atomic E-state index is 12.6. The average Bonchev–Trinajstić information content (AvgIpc) is 2.79. The largest absolute Gasteiger partial charge is 0.489 e. The van der Waals surface area contributed by atoms with Gasteiger partial charge < -0.3 is 14.5 Å². The van der Waals surface area contributed by atoms with Crippen LogP contribution in [-0.2, 0) is 11.4 Å². The number of piperazine rings is 1. The highest BCUT2D eigenvalue weighted by atomic mass is 16.5. The second kappa shape index (κ2) is 8.86. The van der Waals surface area contributed by atoms with Crippen molar-refractivity contribution < 1.29 is 9.53 Å². The molecule has 2 aromatic carbocycles. The number of carbonyl (C=O) groups excluding carboxylic acids is 1. The van der Waals surface area contributed by atoms with E-state index >= 15 is 0 Å². The topological polar surface area (TPSA) is 54.8 Å². The molecule has 1 fully saturated rings. The number of hydrogen-bond acceptors (Lipinski definition) is 4. The summed E-state index contributed by atoms with van der Waals surface area (Å²) in [6.07, 6.45) is 1.74. The van der Waals surface area contributed by atoms with Crippen LogP contribution in [-0.4, -0.2) is 41.6 Å². The van der Waals surface area contributed by atoms with E-state index in [0.717, 1.165) is 43.1 Å². The molecule has 0 N–H and O–H groups in total. The Bertz CT molecular complexity index is 1050. The van der Waals surface area contributed by atoms with Crippen molar-refractivity contribution >= 4 is 11.6 Å². The van der Waals surface area contributed by atoms with Crippen molar-refractivity contribution in [2.45, 2.75) is 13.5 Å². The molecule has 0 saturated carbocycles. The minimum atomic E-state index is -0.136. The first kappa shape index (κ1) is 19.8. The Morgan fingerprint density at radius 1 is 0.900 bits per heavy atom. The Kier molecular flexibility index (Phi) is 5.84. The zero-order valence-corrected chi connectivity index (χ0v) is 17.0. The van der Waals surface area contributed by atoms with Crippen molar-refractivity contribution in [3.05, 3.63) is 88.8 Å². The van der Waals surface area contributed by atoms with Crippen molar-refractivity contribution in [1.29, 1.82) is 0 Å². The Morgan fingerprint density at radius 3 is 2.20 bits per heavy atom. The highest BCUT2D eigenvalue weighted by molar-refractivity contribution is 5.73. The Balaban J connectivity index is 1.41. The number of carbonyl (C=O) groups is 1. The maximum Gasteiger partial charge on any atom is 0.258 e. The summed E-state index contributed by atoms with van der Waals surface area (Å²) in [7, 11) is 0. The fourth-order valence-corrected chi connectivity index (χ4v) is 3.61. The van der Waals surface area contributed by atoms with Gasteiger partial charge >= 0.3 is 0 Å². The van der Waals surface area contributed by atoms with Crippen LogP contribution >= 0.6 is 0 Å². The quantitative estimate of drug-likeness (QED) is 0.657. The molecule has 154 valence electrons. The van der Waals surface area contributed by atoms with Crippen molar-refractivity contribution in [2.75, 3.05) is 31.1 Å². The zero-order chi connectivity index (χ0) is 20.9. The van der Waals surface area contributed by atoms with E-state index < -0.39 is 0 Å². The van der Waals surface area contributed by atoms with E-state index in [9.17, 15) is 9.59 Å². The van der Waals surface area contributed by atoms with E-state index in [0.29, 0.717) is 12.4 Å². The van der Waals surface area contributed by atoms with Gasteiger partial charge in [0.2, 0.25) is 5.91 Å². The van der Waals surface area contributed by atoms with Crippen LogP contribution in [0, 0.1) is 0 Å². The lowest BCUT2D eigenvalue weighted by atomic mass is 10.2. The predicted molar refractivity (Wildman–Crippen MR) is 117 cm³/mol. The van der Waals surface area contributed by atoms with E-state index in [1.807, 2.05) is 59.5 Å². The van der Waals surface area contributed by atoms with Crippen LogP contribution in [0.3, 0.4) is 0 Å². The van der Waals surface area contributed by atoms with Gasteiger partial charge in [-0.05, 0) is 35.9 Å². The molecule has 4 rings (SSSR count). The standard InChI is InChI=1S/C24H25N3O3/c1-19(28)25-13-15-26(16-14-25)21-7-9-22(10-8-21)27-12-11-23(17-24(27)29)30-18-20-5-3-2-4-6-20/h2-12,17H,13-16,18H2,1H3. The first-order chi connectivity index (χ1) is 14.6. The zero-order valence-electron chi connectivity index (χ0n) is 17.0. The summed E-state index contributed by atoms with van der Waals surface area (Å²) in [6.45, 7) is 5.14. The Labute approximate surface area is 175 Å². The lowest BCUT2D eigenvalue weighted by molar-refractivity contribution is -0.129. The van der Waals surface area contributed by atoms with Gasteiger partial charge in [-0.2, -0.15) is 0 Å². The van der Waals surface area contributed by atoms with E-state index in [-0.39, 0.29) is 11.5 Å². The number of benzene rings is 2. The first-order valence-electron chi connectivity index (χ1n) is 10.1. The molecular weight excluding hydrogens is 378 g/mol. The lowest BCUT2D eigenvalue weighted by Gasteiger charge is -2.35. The molecule has 0 aliphatic carbocycles. The summed E-state index contributed by atoms with van der Waals surface area (Å²) in [4.78, 5) is 28.2. The molecule has 2 heterocycles. The maximum absolute atomic E-state index is 12.6. The van der Waals surface area contributed by atoms with Gasteiger partial charge in [-0.15, -0.1) is 0 Å². The minimum Gasteiger partial charge on any atom is -0.489 e. The number of pyridine rings is 1. The van der Waals surface area contributed by atoms with Crippen LogP contribution in [0.15, 0.2) is 77.7 Å². The summed E-state index contributed by atoms with van der Waals surface area (Å²) in [5.41, 5.74) is 2.82. The number of amides is 1. The number of ether oxygens (including phenoxy) is 1. The molecule has 30 heavy (non-hydrogen) atoms. The van der Waals surface area contributed by atoms with Gasteiger partial charge in [0.25, 0.3) is 5.56 Å². The average molecular weight is 403 g/mol. The number of anilines is 1. The van der Waals surface area contributed by atoms with Crippen molar-refractivity contribution in [2.24, 2.45) is 0 Å². The van der Waals surface area contributed by atoms with Crippen LogP contribution in [0.1, 0.15) is 12.5 Å². The molecule has 0 atom stereocenters. The van der Waals surface area contributed by atoms with Crippen molar-refractivity contribution in [1.82, 2.24) is 9.47 Å². The monoisotopic (exact) mass is 403 g/mol. The lowest BCUT2D eigenvalue weighted by Crippen LogP contribution is -2.48. The van der Waals surface area contributed by atoms with Gasteiger partial charge in [-0.3, -0.25) is 14.2 Å². The summed E-state index contributed by atoms with van der Waals surface area (Å²) in [6, 6.07) is 21.1. The normalized spacial score (nSPS) is 13.9. The fraction of sp³-hybridized carbons (Fsp3) is 0.250. The fourth-order valence-electron chi connectivity index (χ4n) is 3.61. The third-order valence-electron chi connectivity index (χ3n) is 5.36. The third kappa shape index (κ3) is 4.54. The molecule has 1 saturated heterocycles. The minimum absolute atomic E-state index is 0.126. The molecule has 1 aliphatic heterocycles. The SMILES string of the molecule is CC(=O)N1CCN(c2ccc(-n3ccc(OCc4ccccc4)cc3=O)cc2)CC1. The highest BCUT2D eigenvalue weighted by Crippen LogP contribution is 2.19. The number of nitrogens with zero attached hydrogens (tertiary/aromatic N) is 3. The molecule has 0 spiro atoms. The molecule has 0 radical (unpaired) electrons. The van der Waals surface area contributed by atoms with Crippen LogP contribution in [0.4, 0.5) is 5.69 Å². The molecule has 1 amide bonds. The van der Waals surface area contributed by atoms with Gasteiger partial charge in [0.1, 0.15) is 12.4 Å². The Hall–Kier alpha value is -3.54. The van der Waals surface area contributed by atoms with Crippen LogP contribution in [0.2, 0.25) is 0 Å². The molecule has 1 aromatic heterocycles. The smallest absolute Gasteiger partial charge is 0.258 e. The van der Waals surface area contributed by atoms with E-state index in [4.69, 9.17) is 4.74 Å². The summed E-state index contributed by atoms with van der Waals surface area (Å²) in [5, 5.41) is 0. The number of rotatable bonds is 5. The number of aromatic nitrogens is 1. The second-order valence-corrected chi connectivity index (χ2v) is 7.35. The molecule has 0 unspecified atom stereocenters. The first-order valence-corrected chi connectivity index (χ1v) is 10.1. The molecule has 6 nitrogen and oxygen atoms in total. The van der Waals surface area contributed by atoms with Gasteiger partial charge in [-0.25, -0.2) is 0 Å². The third-order valence-corrected chi connectivity index (χ3v) is 5.36. The van der Waals surface area contributed by atoms with Gasteiger partial charge in [0.15, 0.2) is 0 Å². The molecular formula is C24H25N3O3. The predicted octanol–water partition coefficient (Wildman–Crippen LogP) is 3.09. The van der Waals surface area contributed by atoms with Gasteiger partial charge in [-0.1, -0.05) is 30.3 Å². The van der Waals surface area contributed by atoms with E-state index in [1.165, 1.54) is 6.07 Å². The second-order valence-electron chi connectivity index (χ2n) is 7.35. The number of hydrogen-bond donors (Lipinski definition) is 0. The van der Waals surface area contributed by atoms with E-state index in [1.54, 1.807) is 23.8 Å². The summed E-state index contributed by atoms with van der Waals surface area (Å²) in [5.74, 6) is 0.681. The Morgan fingerprint density at radius 2 is 1.57 bits per heavy atom. The van der Waals surface area contributed by atoms with Gasteiger partial charge in [0.05, 0.1) is 0 Å². The summed E-state index contributed by atoms with van der Waals surface area (Å²) >= 11 is 0. The van der Waals surface area contributed by atoms with Gasteiger partial charge in [0, 0.05) is 56.7 Å². The molecule has 1 aliphatic rings. The van der Waals surface area contributed by atoms with Crippen molar-refractivity contribution in [3.8, 4) is 11.4 Å². The molecule has 0 bridgehead atoms. The molecule has 3 aromatic rings. The van der Waals surface area contributed by atoms with Crippen LogP contribution in [0.25, 0.3) is 5.69 Å². The van der Waals surface area contributed by atoms with E-state index in [2.05, 4.69) is 4.90 Å². The van der Waals surface area contributed by atoms with Crippen LogP contribution < -0.4 is 15.2 Å². The highest BCUT2D eigenvalue weighted by Gasteiger charge is 2.18. The van der Waals surface area contributed by atoms with Crippen LogP contribution in [0.5, 0.6) is 5.75 Å².